The van der Waals surface area contributed by atoms with E-state index in [1.807, 2.05) is 49.4 Å². The minimum Gasteiger partial charge on any atom is -0.396 e. The summed E-state index contributed by atoms with van der Waals surface area (Å²) in [5.74, 6) is 0.530. The van der Waals surface area contributed by atoms with E-state index < -0.39 is 0 Å². The van der Waals surface area contributed by atoms with E-state index in [2.05, 4.69) is 54.8 Å². The van der Waals surface area contributed by atoms with Crippen LogP contribution in [0.1, 0.15) is 69.1 Å². The van der Waals surface area contributed by atoms with Crippen molar-refractivity contribution in [2.75, 3.05) is 19.7 Å². The normalized spacial score (nSPS) is 16.1. The number of allylic oxidation sites excluding steroid dienone is 6. The fourth-order valence-electron chi connectivity index (χ4n) is 5.02. The summed E-state index contributed by atoms with van der Waals surface area (Å²) in [6, 6.07) is 16.9. The van der Waals surface area contributed by atoms with Gasteiger partial charge >= 0.3 is 0 Å². The minimum absolute atomic E-state index is 0.104. The highest BCUT2D eigenvalue weighted by molar-refractivity contribution is 5.86. The van der Waals surface area contributed by atoms with Crippen LogP contribution in [-0.4, -0.2) is 35.7 Å². The molecule has 190 valence electrons. The molecule has 1 fully saturated rings. The fraction of sp³-hybridized carbons (Fsp3) is 0.375. The van der Waals surface area contributed by atoms with E-state index in [0.717, 1.165) is 53.8 Å². The van der Waals surface area contributed by atoms with Gasteiger partial charge in [0.15, 0.2) is 0 Å². The zero-order valence-electron chi connectivity index (χ0n) is 22.0. The van der Waals surface area contributed by atoms with E-state index in [-0.39, 0.29) is 6.61 Å². The summed E-state index contributed by atoms with van der Waals surface area (Å²) < 4.78 is 0. The molecule has 0 saturated carbocycles. The van der Waals surface area contributed by atoms with Gasteiger partial charge in [0, 0.05) is 12.6 Å². The summed E-state index contributed by atoms with van der Waals surface area (Å²) in [4.78, 5) is 13.9. The summed E-state index contributed by atoms with van der Waals surface area (Å²) >= 11 is 0. The largest absolute Gasteiger partial charge is 0.396 e. The van der Waals surface area contributed by atoms with Crippen LogP contribution < -0.4 is 0 Å². The van der Waals surface area contributed by atoms with Crippen LogP contribution in [0.2, 0.25) is 0 Å². The van der Waals surface area contributed by atoms with Gasteiger partial charge in [-0.1, -0.05) is 67.3 Å². The van der Waals surface area contributed by atoms with Gasteiger partial charge in [-0.15, -0.1) is 4.91 Å². The van der Waals surface area contributed by atoms with E-state index in [9.17, 15) is 10.0 Å². The number of benzene rings is 2. The van der Waals surface area contributed by atoms with E-state index in [1.54, 1.807) is 6.07 Å². The summed E-state index contributed by atoms with van der Waals surface area (Å²) in [6.45, 7) is 13.2. The third-order valence-corrected chi connectivity index (χ3v) is 7.02. The molecule has 2 aromatic rings. The monoisotopic (exact) mass is 484 g/mol. The number of aliphatic hydroxyl groups excluding tert-OH is 1. The second kappa shape index (κ2) is 13.9. The number of likely N-dealkylation sites (tertiary alicyclic amines) is 1. The summed E-state index contributed by atoms with van der Waals surface area (Å²) in [5, 5.41) is 12.8. The van der Waals surface area contributed by atoms with Crippen LogP contribution in [0.4, 0.5) is 5.69 Å². The second-order valence-corrected chi connectivity index (χ2v) is 9.76. The number of piperidine rings is 1. The van der Waals surface area contributed by atoms with E-state index >= 15 is 0 Å². The maximum atomic E-state index is 11.4. The van der Waals surface area contributed by atoms with E-state index in [0.29, 0.717) is 30.5 Å². The molecular weight excluding hydrogens is 444 g/mol. The highest BCUT2D eigenvalue weighted by atomic mass is 16.3. The maximum Gasteiger partial charge on any atom is 0.108 e. The van der Waals surface area contributed by atoms with Crippen molar-refractivity contribution in [2.24, 2.45) is 5.18 Å². The molecule has 1 aliphatic heterocycles. The predicted octanol–water partition coefficient (Wildman–Crippen LogP) is 7.94. The van der Waals surface area contributed by atoms with Crippen LogP contribution in [0.5, 0.6) is 0 Å². The molecule has 0 spiro atoms. The smallest absolute Gasteiger partial charge is 0.108 e. The van der Waals surface area contributed by atoms with Gasteiger partial charge in [-0.05, 0) is 116 Å². The second-order valence-electron chi connectivity index (χ2n) is 9.76. The lowest BCUT2D eigenvalue weighted by molar-refractivity contribution is 0.172. The number of nitrogens with zero attached hydrogens (tertiary/aromatic N) is 2. The van der Waals surface area contributed by atoms with Crippen LogP contribution in [0, 0.1) is 4.91 Å². The highest BCUT2D eigenvalue weighted by Crippen LogP contribution is 2.37. The lowest BCUT2D eigenvalue weighted by atomic mass is 9.83. The first kappa shape index (κ1) is 27.5. The Labute approximate surface area is 216 Å². The average Bonchev–Trinajstić information content (AvgIpc) is 2.91. The molecule has 1 aliphatic rings. The Hall–Kier alpha value is -3.08. The Balaban J connectivity index is 2.11. The molecule has 2 aromatic carbocycles. The van der Waals surface area contributed by atoms with Crippen LogP contribution in [0.3, 0.4) is 0 Å². The van der Waals surface area contributed by atoms with Crippen molar-refractivity contribution in [3.63, 3.8) is 0 Å². The first-order valence-corrected chi connectivity index (χ1v) is 13.1. The Bertz CT molecular complexity index is 1120. The van der Waals surface area contributed by atoms with Crippen molar-refractivity contribution in [1.82, 2.24) is 4.90 Å². The van der Waals surface area contributed by atoms with Crippen molar-refractivity contribution in [1.29, 1.82) is 0 Å². The van der Waals surface area contributed by atoms with Crippen molar-refractivity contribution in [3.8, 4) is 0 Å². The molecule has 1 saturated heterocycles. The van der Waals surface area contributed by atoms with Crippen molar-refractivity contribution in [3.05, 3.63) is 112 Å². The standard InChI is InChI=1S/C32H40N2O2/c1-5-6-7-11-25(4)31(16-10-21-35)32(29-14-9-15-30(23-29)33-36)28-13-8-12-27(22-28)26-17-19-34(20-18-26)24(2)3/h5-9,11-15,22-24,26,35H,4,10,16-21H2,1-3H3/b6-5-,11-7-,32-31+. The van der Waals surface area contributed by atoms with E-state index in [1.165, 1.54) is 5.56 Å². The van der Waals surface area contributed by atoms with Crippen molar-refractivity contribution < 1.29 is 5.11 Å². The van der Waals surface area contributed by atoms with Gasteiger partial charge in [0.25, 0.3) is 0 Å². The van der Waals surface area contributed by atoms with Gasteiger partial charge in [0.05, 0.1) is 0 Å². The molecule has 0 unspecified atom stereocenters. The van der Waals surface area contributed by atoms with Crippen molar-refractivity contribution in [2.45, 2.75) is 58.4 Å². The predicted molar refractivity (Wildman–Crippen MR) is 152 cm³/mol. The summed E-state index contributed by atoms with van der Waals surface area (Å²) in [5.41, 5.74) is 6.82. The van der Waals surface area contributed by atoms with Crippen LogP contribution in [0.25, 0.3) is 5.57 Å². The number of aliphatic hydroxyl groups is 1. The fourth-order valence-corrected chi connectivity index (χ4v) is 5.02. The molecule has 0 amide bonds. The molecule has 4 nitrogen and oxygen atoms in total. The zero-order chi connectivity index (χ0) is 25.9. The van der Waals surface area contributed by atoms with Crippen LogP contribution in [0.15, 0.2) is 95.7 Å². The molecule has 0 aliphatic carbocycles. The molecule has 4 heteroatoms. The topological polar surface area (TPSA) is 52.9 Å². The third kappa shape index (κ3) is 7.22. The zero-order valence-corrected chi connectivity index (χ0v) is 22.0. The number of nitroso groups, excluding NO2 is 1. The van der Waals surface area contributed by atoms with Gasteiger partial charge in [-0.25, -0.2) is 0 Å². The highest BCUT2D eigenvalue weighted by Gasteiger charge is 2.23. The summed E-state index contributed by atoms with van der Waals surface area (Å²) in [6.07, 6.45) is 11.6. The molecule has 1 N–H and O–H groups in total. The molecule has 3 rings (SSSR count). The molecule has 0 atom stereocenters. The molecule has 1 heterocycles. The lowest BCUT2D eigenvalue weighted by Crippen LogP contribution is -2.37. The Kier molecular flexibility index (Phi) is 10.6. The minimum atomic E-state index is 0.104. The van der Waals surface area contributed by atoms with Gasteiger partial charge in [-0.3, -0.25) is 0 Å². The van der Waals surface area contributed by atoms with Crippen LogP contribution >= 0.6 is 0 Å². The van der Waals surface area contributed by atoms with Gasteiger partial charge in [0.1, 0.15) is 5.69 Å². The molecule has 36 heavy (non-hydrogen) atoms. The van der Waals surface area contributed by atoms with Crippen molar-refractivity contribution >= 4 is 11.3 Å². The average molecular weight is 485 g/mol. The lowest BCUT2D eigenvalue weighted by Gasteiger charge is -2.35. The Morgan fingerprint density at radius 3 is 2.44 bits per heavy atom. The van der Waals surface area contributed by atoms with E-state index in [4.69, 9.17) is 0 Å². The Morgan fingerprint density at radius 1 is 1.11 bits per heavy atom. The summed E-state index contributed by atoms with van der Waals surface area (Å²) in [7, 11) is 0. The van der Waals surface area contributed by atoms with Crippen LogP contribution in [-0.2, 0) is 0 Å². The molecule has 0 bridgehead atoms. The van der Waals surface area contributed by atoms with Gasteiger partial charge in [0.2, 0.25) is 0 Å². The molecule has 0 aromatic heterocycles. The SMILES string of the molecule is C=C(/C=C\C=C/C)/C(CCCO)=C(/c1cccc(N=O)c1)c1cccc(C2CCN(C(C)C)CC2)c1. The number of hydrogen-bond donors (Lipinski definition) is 1. The first-order chi connectivity index (χ1) is 17.5. The van der Waals surface area contributed by atoms with Gasteiger partial charge < -0.3 is 10.0 Å². The quantitative estimate of drug-likeness (QED) is 0.260. The molecule has 0 radical (unpaired) electrons. The van der Waals surface area contributed by atoms with Gasteiger partial charge in [-0.2, -0.15) is 0 Å². The third-order valence-electron chi connectivity index (χ3n) is 7.02. The number of hydrogen-bond acceptors (Lipinski definition) is 4. The molecular formula is C32H40N2O2. The maximum absolute atomic E-state index is 11.4. The number of rotatable bonds is 11. The Morgan fingerprint density at radius 2 is 1.81 bits per heavy atom. The first-order valence-electron chi connectivity index (χ1n) is 13.1.